The lowest BCUT2D eigenvalue weighted by Crippen LogP contribution is -2.28. The van der Waals surface area contributed by atoms with Crippen molar-refractivity contribution in [1.29, 1.82) is 0 Å². The van der Waals surface area contributed by atoms with E-state index < -0.39 is 0 Å². The van der Waals surface area contributed by atoms with Gasteiger partial charge in [-0.25, -0.2) is 4.98 Å². The van der Waals surface area contributed by atoms with Crippen LogP contribution in [0.25, 0.3) is 0 Å². The third-order valence-corrected chi connectivity index (χ3v) is 4.37. The van der Waals surface area contributed by atoms with Crippen LogP contribution in [0, 0.1) is 6.92 Å². The molecule has 0 atom stereocenters. The maximum Gasteiger partial charge on any atom is 0.241 e. The SMILES string of the molecule is Cc1csc(N(C(=O)Cc2nnn(C(C)(C)C)n2)c2ccccc2)n1. The Morgan fingerprint density at radius 3 is 2.52 bits per heavy atom. The normalized spacial score (nSPS) is 11.5. The zero-order valence-electron chi connectivity index (χ0n) is 14.7. The Morgan fingerprint density at radius 1 is 1.24 bits per heavy atom. The number of amides is 1. The molecule has 0 spiro atoms. The van der Waals surface area contributed by atoms with Gasteiger partial charge in [-0.1, -0.05) is 18.2 Å². The zero-order valence-corrected chi connectivity index (χ0v) is 15.5. The number of para-hydroxylation sites is 1. The average molecular weight is 356 g/mol. The number of rotatable bonds is 4. The molecule has 0 N–H and O–H groups in total. The van der Waals surface area contributed by atoms with Crippen molar-refractivity contribution in [2.45, 2.75) is 39.7 Å². The molecular formula is C17H20N6OS. The number of nitrogens with zero attached hydrogens (tertiary/aromatic N) is 6. The second-order valence-electron chi connectivity index (χ2n) is 6.68. The van der Waals surface area contributed by atoms with Gasteiger partial charge in [0.2, 0.25) is 5.91 Å². The van der Waals surface area contributed by atoms with Gasteiger partial charge in [-0.15, -0.1) is 21.5 Å². The molecule has 1 amide bonds. The van der Waals surface area contributed by atoms with Crippen LogP contribution in [0.1, 0.15) is 32.3 Å². The van der Waals surface area contributed by atoms with Gasteiger partial charge in [0, 0.05) is 5.38 Å². The van der Waals surface area contributed by atoms with Crippen LogP contribution < -0.4 is 4.90 Å². The van der Waals surface area contributed by atoms with E-state index in [0.29, 0.717) is 11.0 Å². The lowest BCUT2D eigenvalue weighted by Gasteiger charge is -2.19. The van der Waals surface area contributed by atoms with Gasteiger partial charge < -0.3 is 0 Å². The molecule has 2 heterocycles. The molecule has 3 aromatic rings. The highest BCUT2D eigenvalue weighted by Gasteiger charge is 2.24. The largest absolute Gasteiger partial charge is 0.274 e. The smallest absolute Gasteiger partial charge is 0.241 e. The molecule has 0 saturated heterocycles. The molecule has 0 radical (unpaired) electrons. The monoisotopic (exact) mass is 356 g/mol. The Balaban J connectivity index is 1.89. The first-order valence-electron chi connectivity index (χ1n) is 7.94. The van der Waals surface area contributed by atoms with Crippen LogP contribution >= 0.6 is 11.3 Å². The molecule has 0 aliphatic rings. The summed E-state index contributed by atoms with van der Waals surface area (Å²) in [6, 6.07) is 9.46. The lowest BCUT2D eigenvalue weighted by molar-refractivity contribution is -0.117. The van der Waals surface area contributed by atoms with Gasteiger partial charge in [-0.3, -0.25) is 9.69 Å². The van der Waals surface area contributed by atoms with E-state index >= 15 is 0 Å². The lowest BCUT2D eigenvalue weighted by atomic mass is 10.1. The zero-order chi connectivity index (χ0) is 18.0. The van der Waals surface area contributed by atoms with E-state index in [4.69, 9.17) is 0 Å². The molecule has 3 rings (SSSR count). The number of hydrogen-bond donors (Lipinski definition) is 0. The van der Waals surface area contributed by atoms with Crippen molar-refractivity contribution in [3.05, 3.63) is 47.2 Å². The molecule has 0 saturated carbocycles. The van der Waals surface area contributed by atoms with E-state index in [-0.39, 0.29) is 17.9 Å². The van der Waals surface area contributed by atoms with E-state index in [9.17, 15) is 4.79 Å². The Morgan fingerprint density at radius 2 is 1.96 bits per heavy atom. The summed E-state index contributed by atoms with van der Waals surface area (Å²) in [6.45, 7) is 7.85. The number of thiazole rings is 1. The predicted octanol–water partition coefficient (Wildman–Crippen LogP) is 3.10. The molecule has 1 aromatic carbocycles. The van der Waals surface area contributed by atoms with Crippen LogP contribution in [0.5, 0.6) is 0 Å². The molecular weight excluding hydrogens is 336 g/mol. The molecule has 7 nitrogen and oxygen atoms in total. The van der Waals surface area contributed by atoms with Crippen LogP contribution in [0.4, 0.5) is 10.8 Å². The van der Waals surface area contributed by atoms with Crippen molar-refractivity contribution in [3.63, 3.8) is 0 Å². The van der Waals surface area contributed by atoms with Crippen molar-refractivity contribution in [1.82, 2.24) is 25.2 Å². The maximum atomic E-state index is 13.0. The minimum atomic E-state index is -0.278. The van der Waals surface area contributed by atoms with Crippen LogP contribution in [0.15, 0.2) is 35.7 Å². The first kappa shape index (κ1) is 17.2. The fraction of sp³-hybridized carbons (Fsp3) is 0.353. The standard InChI is InChI=1S/C17H20N6OS/c1-12-11-25-16(18-12)22(13-8-6-5-7-9-13)15(24)10-14-19-21-23(20-14)17(2,3)4/h5-9,11H,10H2,1-4H3. The summed E-state index contributed by atoms with van der Waals surface area (Å²) >= 11 is 1.43. The van der Waals surface area contributed by atoms with Crippen molar-refractivity contribution in [3.8, 4) is 0 Å². The van der Waals surface area contributed by atoms with E-state index in [1.807, 2.05) is 63.4 Å². The van der Waals surface area contributed by atoms with Crippen LogP contribution in [0.3, 0.4) is 0 Å². The van der Waals surface area contributed by atoms with Gasteiger partial charge in [0.1, 0.15) is 0 Å². The molecule has 2 aromatic heterocycles. The molecule has 130 valence electrons. The number of benzene rings is 1. The van der Waals surface area contributed by atoms with Gasteiger partial charge in [-0.05, 0) is 45.0 Å². The van der Waals surface area contributed by atoms with Crippen LogP contribution in [-0.2, 0) is 16.8 Å². The van der Waals surface area contributed by atoms with Crippen molar-refractivity contribution < 1.29 is 4.79 Å². The summed E-state index contributed by atoms with van der Waals surface area (Å²) in [4.78, 5) is 20.5. The van der Waals surface area contributed by atoms with Gasteiger partial charge in [0.15, 0.2) is 11.0 Å². The van der Waals surface area contributed by atoms with Gasteiger partial charge in [-0.2, -0.15) is 4.80 Å². The number of hydrogen-bond acceptors (Lipinski definition) is 6. The number of aryl methyl sites for hydroxylation is 1. The van der Waals surface area contributed by atoms with Crippen LogP contribution in [-0.4, -0.2) is 31.1 Å². The quantitative estimate of drug-likeness (QED) is 0.718. The number of carbonyl (C=O) groups excluding carboxylic acids is 1. The van der Waals surface area contributed by atoms with Crippen LogP contribution in [0.2, 0.25) is 0 Å². The predicted molar refractivity (Wildman–Crippen MR) is 97.0 cm³/mol. The highest BCUT2D eigenvalue weighted by molar-refractivity contribution is 7.14. The maximum absolute atomic E-state index is 13.0. The third-order valence-electron chi connectivity index (χ3n) is 3.43. The van der Waals surface area contributed by atoms with Gasteiger partial charge in [0.25, 0.3) is 0 Å². The summed E-state index contributed by atoms with van der Waals surface area (Å²) in [5.74, 6) is 0.253. The third kappa shape index (κ3) is 3.90. The number of carbonyl (C=O) groups is 1. The Kier molecular flexibility index (Phi) is 4.63. The highest BCUT2D eigenvalue weighted by atomic mass is 32.1. The van der Waals surface area contributed by atoms with Gasteiger partial charge >= 0.3 is 0 Å². The van der Waals surface area contributed by atoms with E-state index in [1.165, 1.54) is 16.1 Å². The number of tetrazole rings is 1. The van der Waals surface area contributed by atoms with Crippen molar-refractivity contribution >= 4 is 28.1 Å². The van der Waals surface area contributed by atoms with Gasteiger partial charge in [0.05, 0.1) is 23.3 Å². The fourth-order valence-corrected chi connectivity index (χ4v) is 3.03. The topological polar surface area (TPSA) is 76.8 Å². The van der Waals surface area contributed by atoms with E-state index in [0.717, 1.165) is 11.4 Å². The molecule has 25 heavy (non-hydrogen) atoms. The summed E-state index contributed by atoms with van der Waals surface area (Å²) in [5, 5.41) is 14.9. The summed E-state index contributed by atoms with van der Waals surface area (Å²) < 4.78 is 0. The molecule has 8 heteroatoms. The Labute approximate surface area is 150 Å². The average Bonchev–Trinajstić information content (AvgIpc) is 3.18. The molecule has 0 aliphatic carbocycles. The Hall–Kier alpha value is -2.61. The number of aromatic nitrogens is 5. The summed E-state index contributed by atoms with van der Waals surface area (Å²) in [6.07, 6.45) is 0.0591. The second kappa shape index (κ2) is 6.72. The first-order valence-corrected chi connectivity index (χ1v) is 8.82. The Bertz CT molecular complexity index is 865. The minimum Gasteiger partial charge on any atom is -0.274 e. The number of anilines is 2. The highest BCUT2D eigenvalue weighted by Crippen LogP contribution is 2.29. The van der Waals surface area contributed by atoms with Crippen molar-refractivity contribution in [2.75, 3.05) is 4.90 Å². The molecule has 0 unspecified atom stereocenters. The fourth-order valence-electron chi connectivity index (χ4n) is 2.19. The molecule has 0 aliphatic heterocycles. The van der Waals surface area contributed by atoms with Crippen molar-refractivity contribution in [2.24, 2.45) is 0 Å². The van der Waals surface area contributed by atoms with E-state index in [1.54, 1.807) is 4.90 Å². The second-order valence-corrected chi connectivity index (χ2v) is 7.52. The molecule has 0 bridgehead atoms. The summed E-state index contributed by atoms with van der Waals surface area (Å²) in [7, 11) is 0. The molecule has 0 fully saturated rings. The minimum absolute atomic E-state index is 0.0591. The summed E-state index contributed by atoms with van der Waals surface area (Å²) in [5.41, 5.74) is 1.37. The first-order chi connectivity index (χ1) is 11.8. The van der Waals surface area contributed by atoms with E-state index in [2.05, 4.69) is 20.4 Å².